The maximum Gasteiger partial charge on any atom is 0.416 e. The fourth-order valence-corrected chi connectivity index (χ4v) is 4.36. The van der Waals surface area contributed by atoms with E-state index in [0.29, 0.717) is 44.0 Å². The van der Waals surface area contributed by atoms with Crippen molar-refractivity contribution < 1.29 is 18.0 Å². The number of carbonyl (C=O) groups excluding carboxylic acids is 1. The quantitative estimate of drug-likeness (QED) is 0.486. The van der Waals surface area contributed by atoms with Crippen molar-refractivity contribution in [1.29, 1.82) is 0 Å². The van der Waals surface area contributed by atoms with Crippen molar-refractivity contribution in [2.24, 2.45) is 0 Å². The number of carbonyl (C=O) groups is 1. The standard InChI is InChI=1S/C22H22ClF3N6O3/c1-2-15-19(31-7-5-27-6-8-31)20(35)18-21(28-10-16(33)30-18)32(15)11-17(34)29-14-4-3-12(9-13(14)23)22(24,25)26/h3-4,9-10,27H,2,5-8,11H2,1H3,(H,29,34)(H,30,33). The summed E-state index contributed by atoms with van der Waals surface area (Å²) in [6, 6.07) is 2.63. The average molecular weight is 511 g/mol. The number of aromatic nitrogens is 3. The molecule has 13 heteroatoms. The first-order valence-electron chi connectivity index (χ1n) is 10.9. The Labute approximate surface area is 201 Å². The Hall–Kier alpha value is -3.38. The Balaban J connectivity index is 1.75. The van der Waals surface area contributed by atoms with E-state index in [1.165, 1.54) is 4.57 Å². The van der Waals surface area contributed by atoms with Crippen LogP contribution in [-0.4, -0.2) is 46.6 Å². The lowest BCUT2D eigenvalue weighted by Crippen LogP contribution is -2.46. The Morgan fingerprint density at radius 1 is 1.23 bits per heavy atom. The molecule has 0 bridgehead atoms. The molecule has 0 aliphatic carbocycles. The molecular weight excluding hydrogens is 489 g/mol. The van der Waals surface area contributed by atoms with E-state index in [2.05, 4.69) is 20.6 Å². The van der Waals surface area contributed by atoms with Gasteiger partial charge in [-0.3, -0.25) is 14.4 Å². The van der Waals surface area contributed by atoms with Crippen molar-refractivity contribution in [3.05, 3.63) is 61.3 Å². The van der Waals surface area contributed by atoms with Gasteiger partial charge in [-0.15, -0.1) is 0 Å². The Morgan fingerprint density at radius 2 is 1.94 bits per heavy atom. The Morgan fingerprint density at radius 3 is 2.57 bits per heavy atom. The molecule has 3 heterocycles. The van der Waals surface area contributed by atoms with Crippen LogP contribution in [0.5, 0.6) is 0 Å². The van der Waals surface area contributed by atoms with Gasteiger partial charge in [-0.1, -0.05) is 18.5 Å². The minimum absolute atomic E-state index is 0.0109. The Bertz CT molecular complexity index is 1400. The summed E-state index contributed by atoms with van der Waals surface area (Å²) in [6.45, 7) is 3.97. The number of nitrogens with one attached hydrogen (secondary N) is 3. The van der Waals surface area contributed by atoms with Crippen molar-refractivity contribution in [2.45, 2.75) is 26.1 Å². The Kier molecular flexibility index (Phi) is 6.86. The molecule has 1 fully saturated rings. The number of halogens is 4. The monoisotopic (exact) mass is 510 g/mol. The number of rotatable bonds is 5. The summed E-state index contributed by atoms with van der Waals surface area (Å²) in [7, 11) is 0. The molecule has 3 N–H and O–H groups in total. The number of piperazine rings is 1. The number of alkyl halides is 3. The third-order valence-corrected chi connectivity index (χ3v) is 6.03. The highest BCUT2D eigenvalue weighted by molar-refractivity contribution is 6.33. The molecule has 2 aromatic heterocycles. The van der Waals surface area contributed by atoms with Crippen molar-refractivity contribution in [3.8, 4) is 0 Å². The van der Waals surface area contributed by atoms with Crippen LogP contribution in [0.4, 0.5) is 24.5 Å². The van der Waals surface area contributed by atoms with E-state index in [1.54, 1.807) is 0 Å². The molecule has 186 valence electrons. The molecule has 1 amide bonds. The lowest BCUT2D eigenvalue weighted by atomic mass is 10.1. The number of benzene rings is 1. The molecule has 1 aliphatic heterocycles. The second-order valence-corrected chi connectivity index (χ2v) is 8.39. The van der Waals surface area contributed by atoms with Crippen LogP contribution in [0, 0.1) is 0 Å². The van der Waals surface area contributed by atoms with Gasteiger partial charge in [-0.2, -0.15) is 13.2 Å². The maximum atomic E-state index is 13.4. The molecule has 35 heavy (non-hydrogen) atoms. The van der Waals surface area contributed by atoms with E-state index in [-0.39, 0.29) is 33.8 Å². The van der Waals surface area contributed by atoms with Crippen LogP contribution in [0.15, 0.2) is 34.0 Å². The van der Waals surface area contributed by atoms with Gasteiger partial charge in [0.15, 0.2) is 5.65 Å². The summed E-state index contributed by atoms with van der Waals surface area (Å²) in [4.78, 5) is 46.8. The van der Waals surface area contributed by atoms with Crippen LogP contribution in [0.25, 0.3) is 11.2 Å². The molecule has 0 unspecified atom stereocenters. The molecule has 0 atom stereocenters. The SMILES string of the molecule is CCc1c(N2CCNCC2)c(=O)c2[nH]c(=O)cnc2n1CC(=O)Nc1ccc(C(F)(F)F)cc1Cl. The molecule has 3 aromatic rings. The van der Waals surface area contributed by atoms with Gasteiger partial charge >= 0.3 is 6.18 Å². The molecule has 1 aliphatic rings. The summed E-state index contributed by atoms with van der Waals surface area (Å²) >= 11 is 5.97. The summed E-state index contributed by atoms with van der Waals surface area (Å²) < 4.78 is 40.3. The molecule has 9 nitrogen and oxygen atoms in total. The molecule has 0 radical (unpaired) electrons. The van der Waals surface area contributed by atoms with Gasteiger partial charge in [0.25, 0.3) is 5.56 Å². The van der Waals surface area contributed by atoms with Gasteiger partial charge in [0.1, 0.15) is 17.7 Å². The predicted octanol–water partition coefficient (Wildman–Crippen LogP) is 2.37. The number of anilines is 2. The highest BCUT2D eigenvalue weighted by Crippen LogP contribution is 2.33. The minimum Gasteiger partial charge on any atom is -0.364 e. The highest BCUT2D eigenvalue weighted by Gasteiger charge is 2.31. The lowest BCUT2D eigenvalue weighted by Gasteiger charge is -2.31. The molecule has 0 spiro atoms. The topological polar surface area (TPSA) is 112 Å². The molecule has 1 saturated heterocycles. The van der Waals surface area contributed by atoms with Crippen LogP contribution in [-0.2, 0) is 23.9 Å². The van der Waals surface area contributed by atoms with Crippen LogP contribution in [0.2, 0.25) is 5.02 Å². The molecule has 1 aromatic carbocycles. The van der Waals surface area contributed by atoms with E-state index in [1.807, 2.05) is 11.8 Å². The second-order valence-electron chi connectivity index (χ2n) is 7.99. The normalized spacial score (nSPS) is 14.4. The zero-order chi connectivity index (χ0) is 25.3. The zero-order valence-electron chi connectivity index (χ0n) is 18.6. The van der Waals surface area contributed by atoms with Crippen LogP contribution < -0.4 is 26.5 Å². The van der Waals surface area contributed by atoms with E-state index in [9.17, 15) is 27.6 Å². The summed E-state index contributed by atoms with van der Waals surface area (Å²) in [5.41, 5.74) is -0.833. The number of aromatic amines is 1. The van der Waals surface area contributed by atoms with Crippen molar-refractivity contribution >= 4 is 40.0 Å². The number of amides is 1. The molecule has 0 saturated carbocycles. The van der Waals surface area contributed by atoms with E-state index >= 15 is 0 Å². The largest absolute Gasteiger partial charge is 0.416 e. The van der Waals surface area contributed by atoms with E-state index < -0.39 is 23.2 Å². The first-order chi connectivity index (χ1) is 16.6. The van der Waals surface area contributed by atoms with Gasteiger partial charge in [0.05, 0.1) is 22.5 Å². The number of pyridine rings is 1. The van der Waals surface area contributed by atoms with Crippen molar-refractivity contribution in [3.63, 3.8) is 0 Å². The van der Waals surface area contributed by atoms with Crippen LogP contribution in [0.1, 0.15) is 18.2 Å². The van der Waals surface area contributed by atoms with E-state index in [4.69, 9.17) is 11.6 Å². The average Bonchev–Trinajstić information content (AvgIpc) is 2.81. The van der Waals surface area contributed by atoms with Crippen molar-refractivity contribution in [1.82, 2.24) is 19.9 Å². The predicted molar refractivity (Wildman–Crippen MR) is 126 cm³/mol. The summed E-state index contributed by atoms with van der Waals surface area (Å²) in [5.74, 6) is -0.592. The maximum absolute atomic E-state index is 13.4. The van der Waals surface area contributed by atoms with E-state index in [0.717, 1.165) is 24.4 Å². The third kappa shape index (κ3) is 5.03. The molecular formula is C22H22ClF3N6O3. The highest BCUT2D eigenvalue weighted by atomic mass is 35.5. The number of hydrogen-bond acceptors (Lipinski definition) is 6. The summed E-state index contributed by atoms with van der Waals surface area (Å²) in [5, 5.41) is 5.46. The van der Waals surface area contributed by atoms with Gasteiger partial charge in [-0.05, 0) is 24.6 Å². The number of H-pyrrole nitrogens is 1. The smallest absolute Gasteiger partial charge is 0.364 e. The molecule has 4 rings (SSSR count). The van der Waals surface area contributed by atoms with Gasteiger partial charge in [0, 0.05) is 31.9 Å². The van der Waals surface area contributed by atoms with Crippen molar-refractivity contribution in [2.75, 3.05) is 36.4 Å². The van der Waals surface area contributed by atoms with Gasteiger partial charge in [-0.25, -0.2) is 4.98 Å². The summed E-state index contributed by atoms with van der Waals surface area (Å²) in [6.07, 6.45) is -3.16. The van der Waals surface area contributed by atoms with Gasteiger partial charge < -0.3 is 25.1 Å². The minimum atomic E-state index is -4.57. The number of fused-ring (bicyclic) bond motifs is 1. The number of nitrogens with zero attached hydrogens (tertiary/aromatic N) is 3. The third-order valence-electron chi connectivity index (χ3n) is 5.71. The fourth-order valence-electron chi connectivity index (χ4n) is 4.13. The van der Waals surface area contributed by atoms with Gasteiger partial charge in [0.2, 0.25) is 11.3 Å². The first-order valence-corrected chi connectivity index (χ1v) is 11.2. The number of hydrogen-bond donors (Lipinski definition) is 3. The fraction of sp³-hybridized carbons (Fsp3) is 0.364. The van der Waals surface area contributed by atoms with Crippen LogP contribution in [0.3, 0.4) is 0 Å². The van der Waals surface area contributed by atoms with Crippen LogP contribution >= 0.6 is 11.6 Å². The first kappa shape index (κ1) is 24.7. The zero-order valence-corrected chi connectivity index (χ0v) is 19.4. The lowest BCUT2D eigenvalue weighted by molar-refractivity contribution is -0.137. The second kappa shape index (κ2) is 9.70.